The highest BCUT2D eigenvalue weighted by Crippen LogP contribution is 2.17. The number of benzene rings is 1. The van der Waals surface area contributed by atoms with Gasteiger partial charge in [0.15, 0.2) is 5.96 Å². The molecule has 122 valence electrons. The second-order valence-electron chi connectivity index (χ2n) is 5.13. The van der Waals surface area contributed by atoms with E-state index in [4.69, 9.17) is 17.3 Å². The van der Waals surface area contributed by atoms with E-state index in [-0.39, 0.29) is 29.9 Å². The van der Waals surface area contributed by atoms with Crippen molar-refractivity contribution >= 4 is 47.4 Å². The van der Waals surface area contributed by atoms with Crippen LogP contribution in [0.1, 0.15) is 36.0 Å². The number of guanidine groups is 1. The predicted molar refractivity (Wildman–Crippen MR) is 101 cm³/mol. The molecule has 0 aliphatic heterocycles. The van der Waals surface area contributed by atoms with Crippen LogP contribution in [0.2, 0.25) is 5.02 Å². The average Bonchev–Trinajstić information content (AvgIpc) is 2.96. The van der Waals surface area contributed by atoms with Crippen molar-refractivity contribution in [1.82, 2.24) is 10.6 Å². The van der Waals surface area contributed by atoms with Crippen LogP contribution in [0.15, 0.2) is 29.3 Å². The normalized spacial score (nSPS) is 15.2. The second-order valence-corrected chi connectivity index (χ2v) is 5.54. The van der Waals surface area contributed by atoms with Gasteiger partial charge in [0.2, 0.25) is 0 Å². The molecular weight excluding hydrogens is 415 g/mol. The zero-order chi connectivity index (χ0) is 15.1. The summed E-state index contributed by atoms with van der Waals surface area (Å²) in [6.07, 6.45) is 4.80. The van der Waals surface area contributed by atoms with Crippen molar-refractivity contribution in [2.45, 2.75) is 31.7 Å². The van der Waals surface area contributed by atoms with Crippen LogP contribution in [0.4, 0.5) is 0 Å². The molecule has 0 radical (unpaired) electrons. The molecule has 5 nitrogen and oxygen atoms in total. The standard InChI is InChI=1S/C15H21ClN4O.HI/c16-13-8-4-3-7-12(13)14(21)18-9-10-19-15(17)20-11-5-1-2-6-11;/h3-4,7-8,11H,1-2,5-6,9-10H2,(H,18,21)(H3,17,19,20);1H. The highest BCUT2D eigenvalue weighted by Gasteiger charge is 2.14. The van der Waals surface area contributed by atoms with Gasteiger partial charge in [-0.25, -0.2) is 0 Å². The number of halogens is 2. The van der Waals surface area contributed by atoms with Crippen molar-refractivity contribution < 1.29 is 4.79 Å². The third-order valence-electron chi connectivity index (χ3n) is 3.51. The molecule has 1 amide bonds. The number of carbonyl (C=O) groups is 1. The molecule has 0 spiro atoms. The summed E-state index contributed by atoms with van der Waals surface area (Å²) in [7, 11) is 0. The molecule has 7 heteroatoms. The third kappa shape index (κ3) is 6.00. The van der Waals surface area contributed by atoms with Gasteiger partial charge in [-0.15, -0.1) is 24.0 Å². The molecular formula is C15H22ClIN4O. The van der Waals surface area contributed by atoms with E-state index in [1.165, 1.54) is 12.8 Å². The predicted octanol–water partition coefficient (Wildman–Crippen LogP) is 2.53. The maximum Gasteiger partial charge on any atom is 0.252 e. The zero-order valence-electron chi connectivity index (χ0n) is 12.3. The molecule has 1 aromatic carbocycles. The molecule has 4 N–H and O–H groups in total. The monoisotopic (exact) mass is 436 g/mol. The number of aliphatic imine (C=N–C) groups is 1. The summed E-state index contributed by atoms with van der Waals surface area (Å²) < 4.78 is 0. The van der Waals surface area contributed by atoms with Gasteiger partial charge < -0.3 is 16.4 Å². The van der Waals surface area contributed by atoms with E-state index in [1.807, 2.05) is 0 Å². The first-order valence-electron chi connectivity index (χ1n) is 7.26. The lowest BCUT2D eigenvalue weighted by Crippen LogP contribution is -2.39. The smallest absolute Gasteiger partial charge is 0.252 e. The minimum absolute atomic E-state index is 0. The first kappa shape index (κ1) is 19.0. The topological polar surface area (TPSA) is 79.5 Å². The van der Waals surface area contributed by atoms with Crippen LogP contribution in [0.3, 0.4) is 0 Å². The first-order valence-corrected chi connectivity index (χ1v) is 7.64. The van der Waals surface area contributed by atoms with E-state index in [1.54, 1.807) is 24.3 Å². The molecule has 0 bridgehead atoms. The van der Waals surface area contributed by atoms with E-state index < -0.39 is 0 Å². The summed E-state index contributed by atoms with van der Waals surface area (Å²) in [5.74, 6) is 0.256. The molecule has 1 aliphatic carbocycles. The Morgan fingerprint density at radius 1 is 1.32 bits per heavy atom. The van der Waals surface area contributed by atoms with Crippen LogP contribution in [0.5, 0.6) is 0 Å². The Morgan fingerprint density at radius 3 is 2.68 bits per heavy atom. The number of nitrogens with one attached hydrogen (secondary N) is 2. The number of amides is 1. The Labute approximate surface area is 153 Å². The number of carbonyl (C=O) groups excluding carboxylic acids is 1. The van der Waals surface area contributed by atoms with E-state index in [2.05, 4.69) is 15.6 Å². The van der Waals surface area contributed by atoms with Gasteiger partial charge in [0.1, 0.15) is 0 Å². The average molecular weight is 437 g/mol. The molecule has 1 aliphatic rings. The van der Waals surface area contributed by atoms with Crippen LogP contribution < -0.4 is 16.4 Å². The van der Waals surface area contributed by atoms with Gasteiger partial charge in [-0.2, -0.15) is 0 Å². The Balaban J connectivity index is 0.00000242. The summed E-state index contributed by atoms with van der Waals surface area (Å²) >= 11 is 5.96. The minimum Gasteiger partial charge on any atom is -0.370 e. The molecule has 1 aromatic rings. The summed E-state index contributed by atoms with van der Waals surface area (Å²) in [6.45, 7) is 0.874. The summed E-state index contributed by atoms with van der Waals surface area (Å²) in [6, 6.07) is 7.41. The molecule has 0 atom stereocenters. The fourth-order valence-corrected chi connectivity index (χ4v) is 2.63. The lowest BCUT2D eigenvalue weighted by molar-refractivity contribution is 0.0955. The van der Waals surface area contributed by atoms with Gasteiger partial charge in [0.25, 0.3) is 5.91 Å². The third-order valence-corrected chi connectivity index (χ3v) is 3.83. The van der Waals surface area contributed by atoms with E-state index in [0.29, 0.717) is 35.7 Å². The van der Waals surface area contributed by atoms with Gasteiger partial charge in [-0.1, -0.05) is 36.6 Å². The van der Waals surface area contributed by atoms with Crippen LogP contribution >= 0.6 is 35.6 Å². The highest BCUT2D eigenvalue weighted by atomic mass is 127. The quantitative estimate of drug-likeness (QED) is 0.287. The molecule has 0 heterocycles. The number of nitrogens with two attached hydrogens (primary N) is 1. The summed E-state index contributed by atoms with van der Waals surface area (Å²) in [4.78, 5) is 16.1. The Bertz CT molecular complexity index is 518. The maximum absolute atomic E-state index is 11.9. The van der Waals surface area contributed by atoms with Gasteiger partial charge >= 0.3 is 0 Å². The number of nitrogens with zero attached hydrogens (tertiary/aromatic N) is 1. The van der Waals surface area contributed by atoms with Gasteiger partial charge in [0, 0.05) is 12.6 Å². The molecule has 0 aromatic heterocycles. The lowest BCUT2D eigenvalue weighted by Gasteiger charge is -2.12. The highest BCUT2D eigenvalue weighted by molar-refractivity contribution is 14.0. The van der Waals surface area contributed by atoms with Crippen LogP contribution in [0.25, 0.3) is 0 Å². The lowest BCUT2D eigenvalue weighted by atomic mass is 10.2. The van der Waals surface area contributed by atoms with Crippen LogP contribution in [-0.4, -0.2) is 31.0 Å². The van der Waals surface area contributed by atoms with Crippen molar-refractivity contribution in [3.63, 3.8) is 0 Å². The molecule has 2 rings (SSSR count). The van der Waals surface area contributed by atoms with Crippen molar-refractivity contribution in [3.05, 3.63) is 34.9 Å². The van der Waals surface area contributed by atoms with E-state index in [9.17, 15) is 4.79 Å². The number of rotatable bonds is 5. The maximum atomic E-state index is 11.9. The first-order chi connectivity index (χ1) is 10.2. The SMILES string of the molecule is I.NC(=NCCNC(=O)c1ccccc1Cl)NC1CCCC1. The van der Waals surface area contributed by atoms with Crippen molar-refractivity contribution in [2.24, 2.45) is 10.7 Å². The Kier molecular flexibility index (Phi) is 8.55. The number of hydrogen-bond acceptors (Lipinski definition) is 2. The molecule has 1 saturated carbocycles. The summed E-state index contributed by atoms with van der Waals surface area (Å²) in [5, 5.41) is 6.42. The fourth-order valence-electron chi connectivity index (χ4n) is 2.41. The zero-order valence-corrected chi connectivity index (χ0v) is 15.4. The van der Waals surface area contributed by atoms with Crippen LogP contribution in [-0.2, 0) is 0 Å². The molecule has 0 saturated heterocycles. The summed E-state index contributed by atoms with van der Waals surface area (Å²) in [5.41, 5.74) is 6.28. The van der Waals surface area contributed by atoms with Crippen molar-refractivity contribution in [1.29, 1.82) is 0 Å². The second kappa shape index (κ2) is 9.89. The molecule has 22 heavy (non-hydrogen) atoms. The molecule has 0 unspecified atom stereocenters. The van der Waals surface area contributed by atoms with Crippen molar-refractivity contribution in [3.8, 4) is 0 Å². The molecule has 1 fully saturated rings. The number of hydrogen-bond donors (Lipinski definition) is 3. The van der Waals surface area contributed by atoms with E-state index >= 15 is 0 Å². The van der Waals surface area contributed by atoms with Gasteiger partial charge in [-0.3, -0.25) is 9.79 Å². The van der Waals surface area contributed by atoms with E-state index in [0.717, 1.165) is 12.8 Å². The fraction of sp³-hybridized carbons (Fsp3) is 0.467. The largest absolute Gasteiger partial charge is 0.370 e. The van der Waals surface area contributed by atoms with Crippen molar-refractivity contribution in [2.75, 3.05) is 13.1 Å². The van der Waals surface area contributed by atoms with Crippen LogP contribution in [0, 0.1) is 0 Å². The van der Waals surface area contributed by atoms with Gasteiger partial charge in [-0.05, 0) is 25.0 Å². The van der Waals surface area contributed by atoms with Gasteiger partial charge in [0.05, 0.1) is 17.1 Å². The Morgan fingerprint density at radius 2 is 2.00 bits per heavy atom. The minimum atomic E-state index is -0.196. The Hall–Kier alpha value is -1.02.